The molecule has 3 rings (SSSR count). The van der Waals surface area contributed by atoms with Gasteiger partial charge >= 0.3 is 11.9 Å². The lowest BCUT2D eigenvalue weighted by Crippen LogP contribution is -2.46. The molecule has 0 bridgehead atoms. The molecule has 2 aromatic carbocycles. The van der Waals surface area contributed by atoms with Crippen molar-refractivity contribution in [3.05, 3.63) is 71.8 Å². The van der Waals surface area contributed by atoms with Gasteiger partial charge in [-0.3, -0.25) is 0 Å². The van der Waals surface area contributed by atoms with Gasteiger partial charge in [0.1, 0.15) is 37.6 Å². The van der Waals surface area contributed by atoms with Crippen molar-refractivity contribution in [3.63, 3.8) is 0 Å². The van der Waals surface area contributed by atoms with Crippen LogP contribution in [-0.4, -0.2) is 65.6 Å². The molecule has 2 N–H and O–H groups in total. The number of ether oxygens (including phenoxy) is 4. The molecule has 4 atom stereocenters. The minimum Gasteiger partial charge on any atom is -0.459 e. The molecule has 0 amide bonds. The topological polar surface area (TPSA) is 112 Å². The average molecular weight is 430 g/mol. The van der Waals surface area contributed by atoms with E-state index in [1.165, 1.54) is 0 Å². The summed E-state index contributed by atoms with van der Waals surface area (Å²) in [7, 11) is 0. The number of rotatable bonds is 8. The monoisotopic (exact) mass is 430 g/mol. The summed E-state index contributed by atoms with van der Waals surface area (Å²) in [6.45, 7) is 2.55. The van der Waals surface area contributed by atoms with E-state index in [1.807, 2.05) is 0 Å². The first kappa shape index (κ1) is 22.9. The molecule has 1 saturated heterocycles. The molecule has 1 heterocycles. The Morgan fingerprint density at radius 3 is 1.52 bits per heavy atom. The van der Waals surface area contributed by atoms with Gasteiger partial charge in [0.05, 0.1) is 11.1 Å². The number of esters is 2. The Hall–Kier alpha value is -2.78. The maximum atomic E-state index is 12.1. The van der Waals surface area contributed by atoms with Crippen LogP contribution in [0.5, 0.6) is 0 Å². The molecule has 0 aliphatic carbocycles. The lowest BCUT2D eigenvalue weighted by molar-refractivity contribution is -0.163. The van der Waals surface area contributed by atoms with Crippen molar-refractivity contribution in [3.8, 4) is 0 Å². The summed E-state index contributed by atoms with van der Waals surface area (Å²) >= 11 is 0. The SMILES string of the molecule is CC1(C)O[C@H]([C@H](O)COC(=O)c2ccccc2)[C@@H]([C@H](O)COC(=O)c2ccccc2)O1. The summed E-state index contributed by atoms with van der Waals surface area (Å²) in [4.78, 5) is 24.2. The summed E-state index contributed by atoms with van der Waals surface area (Å²) < 4.78 is 21.7. The lowest BCUT2D eigenvalue weighted by Gasteiger charge is -2.25. The maximum absolute atomic E-state index is 12.1. The van der Waals surface area contributed by atoms with Crippen LogP contribution in [0.2, 0.25) is 0 Å². The van der Waals surface area contributed by atoms with Crippen molar-refractivity contribution in [1.29, 1.82) is 0 Å². The molecule has 1 fully saturated rings. The maximum Gasteiger partial charge on any atom is 0.338 e. The Bertz CT molecular complexity index is 796. The van der Waals surface area contributed by atoms with E-state index in [-0.39, 0.29) is 13.2 Å². The fourth-order valence-electron chi connectivity index (χ4n) is 3.24. The molecular formula is C23H26O8. The number of hydrogen-bond donors (Lipinski definition) is 2. The Labute approximate surface area is 180 Å². The zero-order valence-corrected chi connectivity index (χ0v) is 17.3. The van der Waals surface area contributed by atoms with E-state index in [0.29, 0.717) is 11.1 Å². The van der Waals surface area contributed by atoms with E-state index in [2.05, 4.69) is 0 Å². The van der Waals surface area contributed by atoms with Crippen LogP contribution >= 0.6 is 0 Å². The van der Waals surface area contributed by atoms with Crippen molar-refractivity contribution in [2.24, 2.45) is 0 Å². The van der Waals surface area contributed by atoms with Gasteiger partial charge in [-0.05, 0) is 38.1 Å². The molecule has 0 saturated carbocycles. The first-order chi connectivity index (χ1) is 14.8. The molecule has 0 unspecified atom stereocenters. The number of hydrogen-bond acceptors (Lipinski definition) is 8. The van der Waals surface area contributed by atoms with Crippen LogP contribution in [0.3, 0.4) is 0 Å². The third-order valence-electron chi connectivity index (χ3n) is 4.71. The highest BCUT2D eigenvalue weighted by Gasteiger charge is 2.48. The average Bonchev–Trinajstić information content (AvgIpc) is 3.12. The summed E-state index contributed by atoms with van der Waals surface area (Å²) in [5.41, 5.74) is 0.700. The fraction of sp³-hybridized carbons (Fsp3) is 0.391. The van der Waals surface area contributed by atoms with Crippen LogP contribution in [0, 0.1) is 0 Å². The zero-order valence-electron chi connectivity index (χ0n) is 17.3. The molecule has 31 heavy (non-hydrogen) atoms. The van der Waals surface area contributed by atoms with E-state index in [4.69, 9.17) is 18.9 Å². The normalized spacial score (nSPS) is 21.8. The highest BCUT2D eigenvalue weighted by Crippen LogP contribution is 2.32. The Morgan fingerprint density at radius 2 is 1.16 bits per heavy atom. The molecular weight excluding hydrogens is 404 g/mol. The van der Waals surface area contributed by atoms with Gasteiger partial charge in [-0.15, -0.1) is 0 Å². The molecule has 0 spiro atoms. The Kier molecular flexibility index (Phi) is 7.40. The minimum absolute atomic E-state index is 0.350. The van der Waals surface area contributed by atoms with Crippen molar-refractivity contribution < 1.29 is 38.7 Å². The summed E-state index contributed by atoms with van der Waals surface area (Å²) in [5.74, 6) is -2.28. The number of aliphatic hydroxyl groups excluding tert-OH is 2. The molecule has 8 heteroatoms. The smallest absolute Gasteiger partial charge is 0.338 e. The van der Waals surface area contributed by atoms with Crippen LogP contribution < -0.4 is 0 Å². The highest BCUT2D eigenvalue weighted by molar-refractivity contribution is 5.89. The third-order valence-corrected chi connectivity index (χ3v) is 4.71. The first-order valence-electron chi connectivity index (χ1n) is 9.93. The number of aliphatic hydroxyl groups is 2. The standard InChI is InChI=1S/C23H26O8/c1-23(2)30-19(17(24)13-28-21(26)15-9-5-3-6-10-15)20(31-23)18(25)14-29-22(27)16-11-7-4-8-12-16/h3-12,17-20,24-25H,13-14H2,1-2H3/t17-,18-,19-,20-/m1/s1. The van der Waals surface area contributed by atoms with E-state index < -0.39 is 42.1 Å². The summed E-state index contributed by atoms with van der Waals surface area (Å²) in [5, 5.41) is 21.1. The number of benzene rings is 2. The predicted molar refractivity (Wildman–Crippen MR) is 109 cm³/mol. The van der Waals surface area contributed by atoms with Crippen molar-refractivity contribution in [2.75, 3.05) is 13.2 Å². The first-order valence-corrected chi connectivity index (χ1v) is 9.93. The number of carbonyl (C=O) groups is 2. The van der Waals surface area contributed by atoms with Gasteiger partial charge in [-0.1, -0.05) is 36.4 Å². The molecule has 166 valence electrons. The molecule has 0 aromatic heterocycles. The van der Waals surface area contributed by atoms with Gasteiger partial charge < -0.3 is 29.2 Å². The minimum atomic E-state index is -1.26. The third kappa shape index (κ3) is 6.11. The molecule has 1 aliphatic rings. The van der Waals surface area contributed by atoms with Gasteiger partial charge in [0, 0.05) is 0 Å². The van der Waals surface area contributed by atoms with Crippen molar-refractivity contribution >= 4 is 11.9 Å². The lowest BCUT2D eigenvalue weighted by atomic mass is 10.0. The van der Waals surface area contributed by atoms with Gasteiger partial charge in [0.15, 0.2) is 5.79 Å². The Balaban J connectivity index is 1.57. The largest absolute Gasteiger partial charge is 0.459 e. The van der Waals surface area contributed by atoms with Crippen molar-refractivity contribution in [2.45, 2.75) is 44.1 Å². The van der Waals surface area contributed by atoms with Gasteiger partial charge in [-0.25, -0.2) is 9.59 Å². The van der Waals surface area contributed by atoms with Crippen LogP contribution in [0.4, 0.5) is 0 Å². The molecule has 8 nitrogen and oxygen atoms in total. The highest BCUT2D eigenvalue weighted by atomic mass is 16.8. The van der Waals surface area contributed by atoms with Crippen molar-refractivity contribution in [1.82, 2.24) is 0 Å². The van der Waals surface area contributed by atoms with E-state index in [9.17, 15) is 19.8 Å². The predicted octanol–water partition coefficient (Wildman–Crippen LogP) is 1.94. The van der Waals surface area contributed by atoms with E-state index >= 15 is 0 Å². The van der Waals surface area contributed by atoms with Crippen LogP contribution in [0.1, 0.15) is 34.6 Å². The quantitative estimate of drug-likeness (QED) is 0.612. The second kappa shape index (κ2) is 10.0. The van der Waals surface area contributed by atoms with Gasteiger partial charge in [-0.2, -0.15) is 0 Å². The zero-order chi connectivity index (χ0) is 22.4. The molecule has 1 aliphatic heterocycles. The van der Waals surface area contributed by atoms with E-state index in [0.717, 1.165) is 0 Å². The van der Waals surface area contributed by atoms with Crippen LogP contribution in [0.15, 0.2) is 60.7 Å². The van der Waals surface area contributed by atoms with Crippen LogP contribution in [0.25, 0.3) is 0 Å². The summed E-state index contributed by atoms with van der Waals surface area (Å²) in [6.07, 6.45) is -4.52. The summed E-state index contributed by atoms with van der Waals surface area (Å²) in [6, 6.07) is 16.7. The Morgan fingerprint density at radius 1 is 0.806 bits per heavy atom. The van der Waals surface area contributed by atoms with Gasteiger partial charge in [0.25, 0.3) is 0 Å². The second-order valence-corrected chi connectivity index (χ2v) is 7.63. The van der Waals surface area contributed by atoms with Crippen LogP contribution in [-0.2, 0) is 18.9 Å². The number of carbonyl (C=O) groups excluding carboxylic acids is 2. The second-order valence-electron chi connectivity index (χ2n) is 7.63. The molecule has 0 radical (unpaired) electrons. The molecule has 2 aromatic rings. The fourth-order valence-corrected chi connectivity index (χ4v) is 3.24. The van der Waals surface area contributed by atoms with Gasteiger partial charge in [0.2, 0.25) is 0 Å². The van der Waals surface area contributed by atoms with E-state index in [1.54, 1.807) is 74.5 Å².